The molecule has 0 radical (unpaired) electrons. The summed E-state index contributed by atoms with van der Waals surface area (Å²) >= 11 is 0. The van der Waals surface area contributed by atoms with Crippen LogP contribution < -0.4 is 5.73 Å². The van der Waals surface area contributed by atoms with Crippen molar-refractivity contribution in [1.82, 2.24) is 0 Å². The van der Waals surface area contributed by atoms with Crippen molar-refractivity contribution in [2.75, 3.05) is 0 Å². The van der Waals surface area contributed by atoms with Crippen LogP contribution in [-0.4, -0.2) is 11.9 Å². The highest BCUT2D eigenvalue weighted by Crippen LogP contribution is 2.35. The van der Waals surface area contributed by atoms with Gasteiger partial charge in [0, 0.05) is 5.56 Å². The van der Waals surface area contributed by atoms with Crippen molar-refractivity contribution >= 4 is 5.84 Å². The van der Waals surface area contributed by atoms with Gasteiger partial charge in [0.2, 0.25) is 0 Å². The van der Waals surface area contributed by atoms with Crippen LogP contribution >= 0.6 is 0 Å². The molecule has 0 aromatic heterocycles. The molecule has 3 atom stereocenters. The van der Waals surface area contributed by atoms with Gasteiger partial charge in [0.05, 0.1) is 6.04 Å². The van der Waals surface area contributed by atoms with Crippen LogP contribution in [0.3, 0.4) is 0 Å². The molecule has 0 amide bonds. The van der Waals surface area contributed by atoms with Gasteiger partial charge in [-0.1, -0.05) is 50.6 Å². The minimum absolute atomic E-state index is 0.417. The van der Waals surface area contributed by atoms with E-state index < -0.39 is 0 Å². The van der Waals surface area contributed by atoms with Gasteiger partial charge in [-0.3, -0.25) is 4.99 Å². The van der Waals surface area contributed by atoms with E-state index in [4.69, 9.17) is 10.7 Å². The smallest absolute Gasteiger partial charge is 0.125 e. The molecule has 1 saturated carbocycles. The van der Waals surface area contributed by atoms with E-state index in [-0.39, 0.29) is 0 Å². The van der Waals surface area contributed by atoms with E-state index in [0.717, 1.165) is 11.5 Å². The number of nitrogens with zero attached hydrogens (tertiary/aromatic N) is 1. The summed E-state index contributed by atoms with van der Waals surface area (Å²) < 4.78 is 0. The third-order valence-electron chi connectivity index (χ3n) is 4.08. The van der Waals surface area contributed by atoms with Crippen LogP contribution in [0.4, 0.5) is 0 Å². The van der Waals surface area contributed by atoms with Crippen molar-refractivity contribution in [2.45, 2.75) is 39.2 Å². The molecule has 2 heteroatoms. The first-order chi connectivity index (χ1) is 8.22. The molecule has 3 unspecified atom stereocenters. The molecule has 1 fully saturated rings. The number of nitrogens with two attached hydrogens (primary N) is 1. The second kappa shape index (κ2) is 5.35. The maximum Gasteiger partial charge on any atom is 0.125 e. The summed E-state index contributed by atoms with van der Waals surface area (Å²) in [6, 6.07) is 10.5. The lowest BCUT2D eigenvalue weighted by molar-refractivity contribution is 0.383. The Balaban J connectivity index is 2.10. The molecule has 2 nitrogen and oxygen atoms in total. The zero-order valence-corrected chi connectivity index (χ0v) is 10.8. The second-order valence-corrected chi connectivity index (χ2v) is 5.05. The topological polar surface area (TPSA) is 38.4 Å². The monoisotopic (exact) mass is 230 g/mol. The Morgan fingerprint density at radius 1 is 1.29 bits per heavy atom. The number of benzene rings is 1. The quantitative estimate of drug-likeness (QED) is 0.628. The maximum atomic E-state index is 6.07. The fraction of sp³-hybridized carbons (Fsp3) is 0.533. The van der Waals surface area contributed by atoms with Gasteiger partial charge in [-0.15, -0.1) is 0 Å². The molecule has 17 heavy (non-hydrogen) atoms. The molecule has 1 aromatic carbocycles. The summed E-state index contributed by atoms with van der Waals surface area (Å²) in [7, 11) is 0. The average Bonchev–Trinajstić information content (AvgIpc) is 2.71. The van der Waals surface area contributed by atoms with Crippen molar-refractivity contribution in [3.8, 4) is 0 Å². The molecular formula is C15H22N2. The first-order valence-corrected chi connectivity index (χ1v) is 6.61. The predicted molar refractivity (Wildman–Crippen MR) is 73.1 cm³/mol. The molecule has 0 saturated heterocycles. The van der Waals surface area contributed by atoms with Crippen LogP contribution in [-0.2, 0) is 0 Å². The summed E-state index contributed by atoms with van der Waals surface area (Å²) in [5, 5.41) is 0. The molecule has 1 aromatic rings. The number of aliphatic imine (C=N–C) groups is 1. The van der Waals surface area contributed by atoms with E-state index in [2.05, 4.69) is 13.8 Å². The molecule has 0 aliphatic heterocycles. The Bertz CT molecular complexity index is 383. The minimum Gasteiger partial charge on any atom is -0.383 e. The zero-order chi connectivity index (χ0) is 12.3. The fourth-order valence-corrected chi connectivity index (χ4v) is 2.84. The molecule has 0 heterocycles. The standard InChI is InChI=1S/C15H22N2/c1-3-12-9-10-14(11(12)2)17-15(16)13-7-5-4-6-8-13/h4-8,11-12,14H,3,9-10H2,1-2H3,(H2,16,17). The largest absolute Gasteiger partial charge is 0.383 e. The van der Waals surface area contributed by atoms with Gasteiger partial charge in [0.15, 0.2) is 0 Å². The van der Waals surface area contributed by atoms with Crippen LogP contribution in [0.5, 0.6) is 0 Å². The van der Waals surface area contributed by atoms with Crippen molar-refractivity contribution in [2.24, 2.45) is 22.6 Å². The molecule has 92 valence electrons. The highest BCUT2D eigenvalue weighted by Gasteiger charge is 2.31. The predicted octanol–water partition coefficient (Wildman–Crippen LogP) is 3.22. The Morgan fingerprint density at radius 2 is 2.00 bits per heavy atom. The fourth-order valence-electron chi connectivity index (χ4n) is 2.84. The Kier molecular flexibility index (Phi) is 3.82. The van der Waals surface area contributed by atoms with Crippen LogP contribution in [0, 0.1) is 11.8 Å². The van der Waals surface area contributed by atoms with Crippen LogP contribution in [0.25, 0.3) is 0 Å². The Morgan fingerprint density at radius 3 is 2.59 bits per heavy atom. The number of hydrogen-bond acceptors (Lipinski definition) is 1. The molecule has 2 N–H and O–H groups in total. The average molecular weight is 230 g/mol. The lowest BCUT2D eigenvalue weighted by atomic mass is 9.94. The van der Waals surface area contributed by atoms with Gasteiger partial charge < -0.3 is 5.73 Å². The maximum absolute atomic E-state index is 6.07. The summed E-state index contributed by atoms with van der Waals surface area (Å²) in [4.78, 5) is 4.72. The molecule has 1 aliphatic carbocycles. The SMILES string of the molecule is CCC1CCC(N=C(N)c2ccccc2)C1C. The van der Waals surface area contributed by atoms with E-state index in [1.165, 1.54) is 19.3 Å². The van der Waals surface area contributed by atoms with Crippen molar-refractivity contribution in [3.05, 3.63) is 35.9 Å². The van der Waals surface area contributed by atoms with E-state index in [9.17, 15) is 0 Å². The van der Waals surface area contributed by atoms with Gasteiger partial charge in [-0.05, 0) is 24.7 Å². The van der Waals surface area contributed by atoms with E-state index in [0.29, 0.717) is 17.8 Å². The Hall–Kier alpha value is -1.31. The number of rotatable bonds is 3. The molecule has 2 rings (SSSR count). The highest BCUT2D eigenvalue weighted by atomic mass is 14.9. The van der Waals surface area contributed by atoms with Gasteiger partial charge in [0.25, 0.3) is 0 Å². The molecule has 1 aliphatic rings. The highest BCUT2D eigenvalue weighted by molar-refractivity contribution is 5.97. The zero-order valence-electron chi connectivity index (χ0n) is 10.8. The van der Waals surface area contributed by atoms with Crippen LogP contribution in [0.15, 0.2) is 35.3 Å². The lowest BCUT2D eigenvalue weighted by Crippen LogP contribution is -2.21. The molecule has 0 spiro atoms. The summed E-state index contributed by atoms with van der Waals surface area (Å²) in [6.07, 6.45) is 3.75. The van der Waals surface area contributed by atoms with E-state index in [1.54, 1.807) is 0 Å². The number of hydrogen-bond donors (Lipinski definition) is 1. The van der Waals surface area contributed by atoms with Gasteiger partial charge in [-0.25, -0.2) is 0 Å². The second-order valence-electron chi connectivity index (χ2n) is 5.05. The van der Waals surface area contributed by atoms with Gasteiger partial charge in [0.1, 0.15) is 5.84 Å². The first-order valence-electron chi connectivity index (χ1n) is 6.61. The lowest BCUT2D eigenvalue weighted by Gasteiger charge is -2.17. The molecular weight excluding hydrogens is 208 g/mol. The summed E-state index contributed by atoms with van der Waals surface area (Å²) in [5.74, 6) is 2.19. The molecule has 0 bridgehead atoms. The third kappa shape index (κ3) is 2.68. The normalized spacial score (nSPS) is 29.5. The first kappa shape index (κ1) is 12.2. The van der Waals surface area contributed by atoms with Crippen molar-refractivity contribution < 1.29 is 0 Å². The van der Waals surface area contributed by atoms with E-state index in [1.807, 2.05) is 30.3 Å². The van der Waals surface area contributed by atoms with Crippen molar-refractivity contribution in [1.29, 1.82) is 0 Å². The van der Waals surface area contributed by atoms with Crippen LogP contribution in [0.2, 0.25) is 0 Å². The summed E-state index contributed by atoms with van der Waals surface area (Å²) in [5.41, 5.74) is 7.12. The van der Waals surface area contributed by atoms with Gasteiger partial charge >= 0.3 is 0 Å². The minimum atomic E-state index is 0.417. The number of amidine groups is 1. The van der Waals surface area contributed by atoms with E-state index >= 15 is 0 Å². The Labute approximate surface area is 104 Å². The van der Waals surface area contributed by atoms with Crippen molar-refractivity contribution in [3.63, 3.8) is 0 Å². The summed E-state index contributed by atoms with van der Waals surface area (Å²) in [6.45, 7) is 4.58. The third-order valence-corrected chi connectivity index (χ3v) is 4.08. The van der Waals surface area contributed by atoms with Crippen LogP contribution in [0.1, 0.15) is 38.7 Å². The van der Waals surface area contributed by atoms with Gasteiger partial charge in [-0.2, -0.15) is 0 Å².